The fourth-order valence-corrected chi connectivity index (χ4v) is 1.56. The third kappa shape index (κ3) is 4.99. The van der Waals surface area contributed by atoms with E-state index < -0.39 is 6.04 Å². The maximum Gasteiger partial charge on any atom is 0.328 e. The highest BCUT2D eigenvalue weighted by atomic mass is 16.5. The summed E-state index contributed by atoms with van der Waals surface area (Å²) in [6, 6.07) is 8.93. The molecule has 0 spiro atoms. The summed E-state index contributed by atoms with van der Waals surface area (Å²) in [7, 11) is 0. The van der Waals surface area contributed by atoms with Gasteiger partial charge in [-0.05, 0) is 12.0 Å². The maximum absolute atomic E-state index is 11.8. The molecule has 0 aliphatic heterocycles. The first-order valence-corrected chi connectivity index (χ1v) is 6.18. The van der Waals surface area contributed by atoms with Crippen molar-refractivity contribution in [2.75, 3.05) is 6.61 Å². The lowest BCUT2D eigenvalue weighted by molar-refractivity contribution is -0.147. The molecule has 0 aromatic heterocycles. The molecular formula is C14H19NO3. The summed E-state index contributed by atoms with van der Waals surface area (Å²) in [5.41, 5.74) is 0.990. The molecule has 4 heteroatoms. The summed E-state index contributed by atoms with van der Waals surface area (Å²) >= 11 is 0. The number of nitrogens with one attached hydrogen (secondary N) is 1. The number of benzene rings is 1. The Morgan fingerprint density at radius 2 is 2.11 bits per heavy atom. The van der Waals surface area contributed by atoms with Gasteiger partial charge < -0.3 is 10.1 Å². The summed E-state index contributed by atoms with van der Waals surface area (Å²) in [5, 5.41) is 2.50. The van der Waals surface area contributed by atoms with Gasteiger partial charge in [0.1, 0.15) is 6.04 Å². The Hall–Kier alpha value is -1.84. The molecule has 18 heavy (non-hydrogen) atoms. The molecule has 0 fully saturated rings. The van der Waals surface area contributed by atoms with Crippen LogP contribution in [0.1, 0.15) is 25.3 Å². The molecule has 4 nitrogen and oxygen atoms in total. The third-order valence-electron chi connectivity index (χ3n) is 2.58. The van der Waals surface area contributed by atoms with Crippen molar-refractivity contribution in [3.8, 4) is 0 Å². The van der Waals surface area contributed by atoms with E-state index >= 15 is 0 Å². The zero-order chi connectivity index (χ0) is 13.2. The highest BCUT2D eigenvalue weighted by molar-refractivity contribution is 5.78. The second-order valence-corrected chi connectivity index (χ2v) is 4.05. The molecule has 0 saturated heterocycles. The zero-order valence-corrected chi connectivity index (χ0v) is 10.6. The number of hydrogen-bond donors (Lipinski definition) is 1. The number of rotatable bonds is 8. The van der Waals surface area contributed by atoms with E-state index in [1.165, 1.54) is 0 Å². The molecule has 1 aromatic carbocycles. The van der Waals surface area contributed by atoms with Crippen LogP contribution in [0, 0.1) is 0 Å². The van der Waals surface area contributed by atoms with E-state index in [4.69, 9.17) is 4.74 Å². The molecule has 0 bridgehead atoms. The van der Waals surface area contributed by atoms with Gasteiger partial charge in [-0.15, -0.1) is 0 Å². The van der Waals surface area contributed by atoms with Crippen LogP contribution in [0.15, 0.2) is 30.3 Å². The van der Waals surface area contributed by atoms with Crippen molar-refractivity contribution >= 4 is 12.4 Å². The largest absolute Gasteiger partial charge is 0.464 e. The van der Waals surface area contributed by atoms with Gasteiger partial charge in [-0.25, -0.2) is 4.79 Å². The van der Waals surface area contributed by atoms with Crippen molar-refractivity contribution in [3.63, 3.8) is 0 Å². The van der Waals surface area contributed by atoms with E-state index in [-0.39, 0.29) is 5.97 Å². The van der Waals surface area contributed by atoms with Gasteiger partial charge in [0, 0.05) is 6.42 Å². The molecule has 1 aromatic rings. The minimum atomic E-state index is -0.609. The van der Waals surface area contributed by atoms with Gasteiger partial charge in [-0.2, -0.15) is 0 Å². The summed E-state index contributed by atoms with van der Waals surface area (Å²) in [4.78, 5) is 22.3. The number of hydrogen-bond acceptors (Lipinski definition) is 3. The van der Waals surface area contributed by atoms with Crippen molar-refractivity contribution in [3.05, 3.63) is 35.9 Å². The van der Waals surface area contributed by atoms with Crippen LogP contribution in [-0.2, 0) is 20.7 Å². The molecule has 1 unspecified atom stereocenters. The number of amides is 1. The van der Waals surface area contributed by atoms with Crippen molar-refractivity contribution < 1.29 is 14.3 Å². The van der Waals surface area contributed by atoms with Crippen LogP contribution in [0.5, 0.6) is 0 Å². The van der Waals surface area contributed by atoms with Gasteiger partial charge >= 0.3 is 5.97 Å². The Balaban J connectivity index is 2.53. The molecule has 0 saturated carbocycles. The van der Waals surface area contributed by atoms with Crippen molar-refractivity contribution in [1.82, 2.24) is 5.32 Å². The minimum absolute atomic E-state index is 0.376. The lowest BCUT2D eigenvalue weighted by atomic mass is 10.1. The van der Waals surface area contributed by atoms with Crippen LogP contribution in [0.3, 0.4) is 0 Å². The predicted molar refractivity (Wildman–Crippen MR) is 69.0 cm³/mol. The van der Waals surface area contributed by atoms with Gasteiger partial charge in [0.2, 0.25) is 6.41 Å². The Kier molecular flexibility index (Phi) is 6.54. The van der Waals surface area contributed by atoms with Crippen LogP contribution >= 0.6 is 0 Å². The van der Waals surface area contributed by atoms with Crippen molar-refractivity contribution in [2.45, 2.75) is 32.2 Å². The molecule has 1 atom stereocenters. The molecule has 0 aliphatic carbocycles. The first-order chi connectivity index (χ1) is 8.77. The maximum atomic E-state index is 11.8. The topological polar surface area (TPSA) is 55.4 Å². The smallest absolute Gasteiger partial charge is 0.328 e. The van der Waals surface area contributed by atoms with Crippen LogP contribution < -0.4 is 5.32 Å². The highest BCUT2D eigenvalue weighted by Crippen LogP contribution is 2.04. The normalized spacial score (nSPS) is 11.6. The Labute approximate surface area is 107 Å². The monoisotopic (exact) mass is 249 g/mol. The quantitative estimate of drug-likeness (QED) is 0.433. The van der Waals surface area contributed by atoms with Crippen LogP contribution in [-0.4, -0.2) is 25.0 Å². The summed E-state index contributed by atoms with van der Waals surface area (Å²) < 4.78 is 5.11. The summed E-state index contributed by atoms with van der Waals surface area (Å²) in [5.74, 6) is -0.376. The van der Waals surface area contributed by atoms with Gasteiger partial charge in [-0.3, -0.25) is 4.79 Å². The van der Waals surface area contributed by atoms with E-state index in [0.29, 0.717) is 19.4 Å². The average Bonchev–Trinajstić information content (AvgIpc) is 2.39. The average molecular weight is 249 g/mol. The second-order valence-electron chi connectivity index (χ2n) is 4.05. The van der Waals surface area contributed by atoms with E-state index in [2.05, 4.69) is 5.32 Å². The molecule has 1 rings (SSSR count). The third-order valence-corrected chi connectivity index (χ3v) is 2.58. The molecule has 1 N–H and O–H groups in total. The van der Waals surface area contributed by atoms with Crippen molar-refractivity contribution in [2.24, 2.45) is 0 Å². The Bertz CT molecular complexity index is 365. The number of carbonyl (C=O) groups excluding carboxylic acids is 2. The van der Waals surface area contributed by atoms with Gasteiger partial charge in [-0.1, -0.05) is 43.7 Å². The fourth-order valence-electron chi connectivity index (χ4n) is 1.56. The molecule has 1 amide bonds. The molecule has 0 heterocycles. The SMILES string of the molecule is CCCCOC(=O)C(Cc1ccccc1)NC=O. The fraction of sp³-hybridized carbons (Fsp3) is 0.429. The summed E-state index contributed by atoms with van der Waals surface area (Å²) in [6.45, 7) is 2.43. The van der Waals surface area contributed by atoms with E-state index in [1.807, 2.05) is 37.3 Å². The van der Waals surface area contributed by atoms with Gasteiger partial charge in [0.25, 0.3) is 0 Å². The predicted octanol–water partition coefficient (Wildman–Crippen LogP) is 1.69. The van der Waals surface area contributed by atoms with E-state index in [1.54, 1.807) is 0 Å². The number of unbranched alkanes of at least 4 members (excludes halogenated alkanes) is 1. The minimum Gasteiger partial charge on any atom is -0.464 e. The zero-order valence-electron chi connectivity index (χ0n) is 10.6. The van der Waals surface area contributed by atoms with Crippen LogP contribution in [0.25, 0.3) is 0 Å². The lowest BCUT2D eigenvalue weighted by Gasteiger charge is -2.15. The van der Waals surface area contributed by atoms with Crippen LogP contribution in [0.2, 0.25) is 0 Å². The van der Waals surface area contributed by atoms with E-state index in [9.17, 15) is 9.59 Å². The second kappa shape index (κ2) is 8.28. The van der Waals surface area contributed by atoms with Gasteiger partial charge in [0.15, 0.2) is 0 Å². The Morgan fingerprint density at radius 1 is 1.39 bits per heavy atom. The molecular weight excluding hydrogens is 230 g/mol. The first-order valence-electron chi connectivity index (χ1n) is 6.18. The summed E-state index contributed by atoms with van der Waals surface area (Å²) in [6.07, 6.45) is 2.79. The molecule has 0 aliphatic rings. The molecule has 0 radical (unpaired) electrons. The van der Waals surface area contributed by atoms with Gasteiger partial charge in [0.05, 0.1) is 6.61 Å². The molecule has 98 valence electrons. The van der Waals surface area contributed by atoms with Crippen LogP contribution in [0.4, 0.5) is 0 Å². The van der Waals surface area contributed by atoms with E-state index in [0.717, 1.165) is 18.4 Å². The highest BCUT2D eigenvalue weighted by Gasteiger charge is 2.19. The van der Waals surface area contributed by atoms with Crippen molar-refractivity contribution in [1.29, 1.82) is 0 Å². The first kappa shape index (κ1) is 14.2. The number of carbonyl (C=O) groups is 2. The number of esters is 1. The lowest BCUT2D eigenvalue weighted by Crippen LogP contribution is -2.39. The standard InChI is InChI=1S/C14H19NO3/c1-2-3-9-18-14(17)13(15-11-16)10-12-7-5-4-6-8-12/h4-8,11,13H,2-3,9-10H2,1H3,(H,15,16). The Morgan fingerprint density at radius 3 is 2.72 bits per heavy atom. The number of ether oxygens (including phenoxy) is 1.